The summed E-state index contributed by atoms with van der Waals surface area (Å²) in [4.78, 5) is 2.44. The molecule has 27 heavy (non-hydrogen) atoms. The Morgan fingerprint density at radius 2 is 1.11 bits per heavy atom. The van der Waals surface area contributed by atoms with Crippen LogP contribution >= 0.6 is 0 Å². The highest BCUT2D eigenvalue weighted by molar-refractivity contribution is 5.97. The van der Waals surface area contributed by atoms with Crippen molar-refractivity contribution in [3.8, 4) is 0 Å². The highest BCUT2D eigenvalue weighted by Crippen LogP contribution is 2.32. The summed E-state index contributed by atoms with van der Waals surface area (Å²) in [7, 11) is 0. The summed E-state index contributed by atoms with van der Waals surface area (Å²) in [5.74, 6) is 0. The van der Waals surface area contributed by atoms with Crippen LogP contribution in [-0.2, 0) is 6.54 Å². The molecule has 0 bridgehead atoms. The number of benzene rings is 3. The van der Waals surface area contributed by atoms with Crippen LogP contribution in [0.15, 0.2) is 84.9 Å². The zero-order valence-electron chi connectivity index (χ0n) is 16.7. The molecule has 0 spiro atoms. The fraction of sp³-hybridized carbons (Fsp3) is 0.231. The first-order valence-electron chi connectivity index (χ1n) is 9.86. The molecule has 3 aromatic rings. The van der Waals surface area contributed by atoms with Crippen LogP contribution in [0.2, 0.25) is 0 Å². The summed E-state index contributed by atoms with van der Waals surface area (Å²) < 4.78 is 0. The van der Waals surface area contributed by atoms with E-state index in [0.29, 0.717) is 0 Å². The van der Waals surface area contributed by atoms with Crippen LogP contribution in [0.25, 0.3) is 11.1 Å². The Balaban J connectivity index is 2.02. The van der Waals surface area contributed by atoms with E-state index in [1.807, 2.05) is 0 Å². The van der Waals surface area contributed by atoms with Crippen molar-refractivity contribution in [3.05, 3.63) is 107 Å². The molecule has 0 radical (unpaired) electrons. The number of nitrogens with zero attached hydrogens (tertiary/aromatic N) is 1. The van der Waals surface area contributed by atoms with Crippen molar-refractivity contribution < 1.29 is 0 Å². The third-order valence-corrected chi connectivity index (χ3v) is 5.19. The lowest BCUT2D eigenvalue weighted by molar-refractivity contribution is 0.296. The number of hydrogen-bond donors (Lipinski definition) is 0. The standard InChI is InChI=1S/C26H29N/c1-4-27(5-2)20-22-16-18-25(19-17-22)26(24-14-10-7-11-15-24)21(3)23-12-8-6-9-13-23/h6-19H,4-5,20H2,1-3H3/b26-21-. The first-order chi connectivity index (χ1) is 13.2. The molecule has 0 atom stereocenters. The molecular weight excluding hydrogens is 326 g/mol. The van der Waals surface area contributed by atoms with Gasteiger partial charge in [0.15, 0.2) is 0 Å². The molecule has 0 amide bonds. The topological polar surface area (TPSA) is 3.24 Å². The van der Waals surface area contributed by atoms with Gasteiger partial charge >= 0.3 is 0 Å². The molecule has 1 heteroatoms. The van der Waals surface area contributed by atoms with Gasteiger partial charge in [0.2, 0.25) is 0 Å². The molecule has 0 aliphatic heterocycles. The number of allylic oxidation sites excluding steroid dienone is 1. The molecule has 138 valence electrons. The second kappa shape index (κ2) is 9.34. The fourth-order valence-corrected chi connectivity index (χ4v) is 3.52. The second-order valence-electron chi connectivity index (χ2n) is 6.89. The van der Waals surface area contributed by atoms with E-state index in [1.54, 1.807) is 0 Å². The lowest BCUT2D eigenvalue weighted by Gasteiger charge is -2.19. The molecule has 3 rings (SSSR count). The van der Waals surface area contributed by atoms with Gasteiger partial charge in [-0.3, -0.25) is 4.90 Å². The Labute approximate surface area is 164 Å². The Kier molecular flexibility index (Phi) is 6.62. The molecule has 0 unspecified atom stereocenters. The Morgan fingerprint density at radius 3 is 1.63 bits per heavy atom. The highest BCUT2D eigenvalue weighted by atomic mass is 15.1. The van der Waals surface area contributed by atoms with Gasteiger partial charge in [-0.15, -0.1) is 0 Å². The molecule has 0 saturated heterocycles. The third kappa shape index (κ3) is 4.75. The monoisotopic (exact) mass is 355 g/mol. The molecule has 0 aliphatic rings. The predicted molar refractivity (Wildman–Crippen MR) is 118 cm³/mol. The van der Waals surface area contributed by atoms with Gasteiger partial charge in [0.1, 0.15) is 0 Å². The molecule has 3 aromatic carbocycles. The predicted octanol–water partition coefficient (Wildman–Crippen LogP) is 6.51. The fourth-order valence-electron chi connectivity index (χ4n) is 3.52. The highest BCUT2D eigenvalue weighted by Gasteiger charge is 2.11. The first-order valence-corrected chi connectivity index (χ1v) is 9.86. The molecule has 0 saturated carbocycles. The summed E-state index contributed by atoms with van der Waals surface area (Å²) >= 11 is 0. The van der Waals surface area contributed by atoms with E-state index < -0.39 is 0 Å². The van der Waals surface area contributed by atoms with E-state index in [0.717, 1.165) is 19.6 Å². The Morgan fingerprint density at radius 1 is 0.630 bits per heavy atom. The minimum Gasteiger partial charge on any atom is -0.300 e. The lowest BCUT2D eigenvalue weighted by Crippen LogP contribution is -2.22. The summed E-state index contributed by atoms with van der Waals surface area (Å²) in [6.07, 6.45) is 0. The SMILES string of the molecule is CCN(CC)Cc1ccc(/C(=C(/C)c2ccccc2)c2ccccc2)cc1. The van der Waals surface area contributed by atoms with Gasteiger partial charge in [-0.25, -0.2) is 0 Å². The first kappa shape index (κ1) is 19.1. The zero-order chi connectivity index (χ0) is 19.1. The number of hydrogen-bond acceptors (Lipinski definition) is 1. The second-order valence-corrected chi connectivity index (χ2v) is 6.89. The minimum absolute atomic E-state index is 1.01. The zero-order valence-corrected chi connectivity index (χ0v) is 16.7. The molecule has 0 N–H and O–H groups in total. The largest absolute Gasteiger partial charge is 0.300 e. The van der Waals surface area contributed by atoms with Gasteiger partial charge < -0.3 is 0 Å². The van der Waals surface area contributed by atoms with Crippen molar-refractivity contribution in [2.45, 2.75) is 27.3 Å². The van der Waals surface area contributed by atoms with Gasteiger partial charge in [0.25, 0.3) is 0 Å². The maximum atomic E-state index is 2.44. The van der Waals surface area contributed by atoms with Crippen LogP contribution < -0.4 is 0 Å². The van der Waals surface area contributed by atoms with Crippen LogP contribution in [0.1, 0.15) is 43.0 Å². The quantitative estimate of drug-likeness (QED) is 0.437. The van der Waals surface area contributed by atoms with Crippen molar-refractivity contribution in [3.63, 3.8) is 0 Å². The van der Waals surface area contributed by atoms with Gasteiger partial charge in [-0.05, 0) is 53.4 Å². The van der Waals surface area contributed by atoms with E-state index in [-0.39, 0.29) is 0 Å². The van der Waals surface area contributed by atoms with Gasteiger partial charge in [-0.1, -0.05) is 98.8 Å². The Hall–Kier alpha value is -2.64. The van der Waals surface area contributed by atoms with Crippen LogP contribution in [0.5, 0.6) is 0 Å². The van der Waals surface area contributed by atoms with E-state index >= 15 is 0 Å². The van der Waals surface area contributed by atoms with Gasteiger partial charge in [0, 0.05) is 6.54 Å². The smallest absolute Gasteiger partial charge is 0.0233 e. The van der Waals surface area contributed by atoms with E-state index in [9.17, 15) is 0 Å². The van der Waals surface area contributed by atoms with Crippen LogP contribution in [0, 0.1) is 0 Å². The molecular formula is C26H29N. The Bertz CT molecular complexity index is 857. The van der Waals surface area contributed by atoms with Crippen molar-refractivity contribution in [1.29, 1.82) is 0 Å². The van der Waals surface area contributed by atoms with Crippen LogP contribution in [-0.4, -0.2) is 18.0 Å². The van der Waals surface area contributed by atoms with E-state index in [1.165, 1.54) is 33.4 Å². The molecule has 0 fully saturated rings. The summed E-state index contributed by atoms with van der Waals surface area (Å²) in [5, 5.41) is 0. The maximum Gasteiger partial charge on any atom is 0.0233 e. The molecule has 0 aliphatic carbocycles. The molecule has 0 heterocycles. The van der Waals surface area contributed by atoms with Crippen molar-refractivity contribution in [2.24, 2.45) is 0 Å². The number of rotatable bonds is 7. The van der Waals surface area contributed by atoms with Crippen LogP contribution in [0.3, 0.4) is 0 Å². The lowest BCUT2D eigenvalue weighted by atomic mass is 9.90. The van der Waals surface area contributed by atoms with Crippen molar-refractivity contribution in [1.82, 2.24) is 4.90 Å². The molecule has 1 nitrogen and oxygen atoms in total. The summed E-state index contributed by atoms with van der Waals surface area (Å²) in [6.45, 7) is 9.84. The average molecular weight is 356 g/mol. The van der Waals surface area contributed by atoms with E-state index in [4.69, 9.17) is 0 Å². The van der Waals surface area contributed by atoms with E-state index in [2.05, 4.69) is 111 Å². The summed E-state index contributed by atoms with van der Waals surface area (Å²) in [5.41, 5.74) is 7.77. The third-order valence-electron chi connectivity index (χ3n) is 5.19. The normalized spacial score (nSPS) is 12.1. The average Bonchev–Trinajstić information content (AvgIpc) is 2.74. The van der Waals surface area contributed by atoms with Crippen molar-refractivity contribution >= 4 is 11.1 Å². The van der Waals surface area contributed by atoms with Gasteiger partial charge in [0.05, 0.1) is 0 Å². The van der Waals surface area contributed by atoms with Crippen LogP contribution in [0.4, 0.5) is 0 Å². The van der Waals surface area contributed by atoms with Gasteiger partial charge in [-0.2, -0.15) is 0 Å². The summed E-state index contributed by atoms with van der Waals surface area (Å²) in [6, 6.07) is 30.4. The minimum atomic E-state index is 1.01. The molecule has 0 aromatic heterocycles. The maximum absolute atomic E-state index is 2.44. The van der Waals surface area contributed by atoms with Crippen molar-refractivity contribution in [2.75, 3.05) is 13.1 Å².